The first-order chi connectivity index (χ1) is 9.72. The maximum absolute atomic E-state index is 5.82. The molecule has 0 N–H and O–H groups in total. The van der Waals surface area contributed by atoms with Crippen LogP contribution in [0.3, 0.4) is 0 Å². The Morgan fingerprint density at radius 1 is 1.15 bits per heavy atom. The minimum absolute atomic E-state index is 0.253. The van der Waals surface area contributed by atoms with Crippen LogP contribution in [0.5, 0.6) is 0 Å². The number of likely N-dealkylation sites (tertiary alicyclic amines) is 1. The van der Waals surface area contributed by atoms with Crippen LogP contribution < -0.4 is 0 Å². The molecule has 0 aromatic rings. The molecule has 2 fully saturated rings. The highest BCUT2D eigenvalue weighted by atomic mass is 16.5. The summed E-state index contributed by atoms with van der Waals surface area (Å²) < 4.78 is 5.82. The second-order valence-corrected chi connectivity index (χ2v) is 4.84. The molecule has 0 aromatic carbocycles. The fourth-order valence-electron chi connectivity index (χ4n) is 2.71. The van der Waals surface area contributed by atoms with E-state index in [0.717, 1.165) is 25.5 Å². The molecule has 0 radical (unpaired) electrons. The molecular formula is C18H33NO. The molecule has 1 spiro atoms. The van der Waals surface area contributed by atoms with Crippen molar-refractivity contribution in [1.82, 2.24) is 4.90 Å². The van der Waals surface area contributed by atoms with Crippen LogP contribution in [0.1, 0.15) is 47.5 Å². The summed E-state index contributed by atoms with van der Waals surface area (Å²) in [5.74, 6) is 1.06. The third kappa shape index (κ3) is 4.24. The van der Waals surface area contributed by atoms with Gasteiger partial charge in [0.05, 0.1) is 6.61 Å². The van der Waals surface area contributed by atoms with Crippen molar-refractivity contribution in [3.05, 3.63) is 36.1 Å². The Morgan fingerprint density at radius 3 is 2.15 bits per heavy atom. The predicted molar refractivity (Wildman–Crippen MR) is 89.8 cm³/mol. The number of rotatable bonds is 1. The van der Waals surface area contributed by atoms with Gasteiger partial charge in [-0.1, -0.05) is 46.4 Å². The molecule has 0 aromatic heterocycles. The second-order valence-electron chi connectivity index (χ2n) is 4.84. The van der Waals surface area contributed by atoms with Crippen molar-refractivity contribution in [2.45, 2.75) is 47.5 Å². The average molecular weight is 279 g/mol. The summed E-state index contributed by atoms with van der Waals surface area (Å²) in [6.45, 7) is 17.0. The molecule has 116 valence electrons. The van der Waals surface area contributed by atoms with Crippen LogP contribution in [0.15, 0.2) is 36.1 Å². The molecule has 2 heteroatoms. The molecule has 2 heterocycles. The molecular weight excluding hydrogens is 246 g/mol. The average Bonchev–Trinajstić information content (AvgIpc) is 2.85. The van der Waals surface area contributed by atoms with Gasteiger partial charge >= 0.3 is 0 Å². The van der Waals surface area contributed by atoms with E-state index >= 15 is 0 Å². The predicted octanol–water partition coefficient (Wildman–Crippen LogP) is 4.80. The van der Waals surface area contributed by atoms with Crippen molar-refractivity contribution in [2.75, 3.05) is 26.7 Å². The Hall–Kier alpha value is -1.02. The molecule has 2 aliphatic rings. The summed E-state index contributed by atoms with van der Waals surface area (Å²) in [5, 5.41) is 0. The first-order valence-electron chi connectivity index (χ1n) is 8.03. The summed E-state index contributed by atoms with van der Waals surface area (Å²) in [6.07, 6.45) is 8.48. The molecule has 0 bridgehead atoms. The van der Waals surface area contributed by atoms with Crippen LogP contribution in [0.25, 0.3) is 0 Å². The zero-order valence-corrected chi connectivity index (χ0v) is 14.3. The molecule has 2 rings (SSSR count). The number of hydrogen-bond donors (Lipinski definition) is 0. The van der Waals surface area contributed by atoms with Crippen molar-refractivity contribution >= 4 is 0 Å². The first kappa shape index (κ1) is 19.0. The number of piperidine rings is 1. The minimum atomic E-state index is 0.253. The number of allylic oxidation sites excluding steroid dienone is 4. The van der Waals surface area contributed by atoms with E-state index in [0.29, 0.717) is 0 Å². The van der Waals surface area contributed by atoms with Crippen LogP contribution in [0.2, 0.25) is 0 Å². The maximum atomic E-state index is 5.82. The quantitative estimate of drug-likeness (QED) is 0.684. The van der Waals surface area contributed by atoms with E-state index in [1.807, 2.05) is 40.7 Å². The fraction of sp³-hybridized carbons (Fsp3) is 0.667. The third-order valence-electron chi connectivity index (χ3n) is 3.83. The van der Waals surface area contributed by atoms with Crippen molar-refractivity contribution in [3.8, 4) is 0 Å². The van der Waals surface area contributed by atoms with Gasteiger partial charge in [0.1, 0.15) is 5.76 Å². The van der Waals surface area contributed by atoms with Crippen molar-refractivity contribution < 1.29 is 4.74 Å². The van der Waals surface area contributed by atoms with Gasteiger partial charge in [-0.3, -0.25) is 0 Å². The number of ether oxygens (including phenoxy) is 1. The zero-order valence-electron chi connectivity index (χ0n) is 14.3. The first-order valence-corrected chi connectivity index (χ1v) is 8.03. The monoisotopic (exact) mass is 279 g/mol. The third-order valence-corrected chi connectivity index (χ3v) is 3.83. The highest BCUT2D eigenvalue weighted by Crippen LogP contribution is 2.47. The Labute approximate surface area is 126 Å². The van der Waals surface area contributed by atoms with Gasteiger partial charge < -0.3 is 9.64 Å². The lowest BCUT2D eigenvalue weighted by Crippen LogP contribution is -2.39. The van der Waals surface area contributed by atoms with E-state index in [1.165, 1.54) is 18.4 Å². The van der Waals surface area contributed by atoms with Crippen LogP contribution in [0.4, 0.5) is 0 Å². The van der Waals surface area contributed by atoms with Crippen LogP contribution in [0, 0.1) is 5.41 Å². The lowest BCUT2D eigenvalue weighted by Gasteiger charge is -2.36. The van der Waals surface area contributed by atoms with E-state index in [-0.39, 0.29) is 5.41 Å². The largest absolute Gasteiger partial charge is 0.493 e. The molecule has 0 saturated carbocycles. The van der Waals surface area contributed by atoms with E-state index in [1.54, 1.807) is 0 Å². The molecule has 0 amide bonds. The highest BCUT2D eigenvalue weighted by Gasteiger charge is 2.44. The molecule has 0 unspecified atom stereocenters. The molecule has 2 saturated heterocycles. The van der Waals surface area contributed by atoms with Crippen LogP contribution in [-0.4, -0.2) is 31.6 Å². The van der Waals surface area contributed by atoms with Crippen molar-refractivity contribution in [1.29, 1.82) is 0 Å². The zero-order chi connectivity index (χ0) is 15.6. The van der Waals surface area contributed by atoms with Gasteiger partial charge in [-0.05, 0) is 46.0 Å². The van der Waals surface area contributed by atoms with E-state index in [4.69, 9.17) is 4.74 Å². The van der Waals surface area contributed by atoms with Gasteiger partial charge in [0.2, 0.25) is 0 Å². The topological polar surface area (TPSA) is 12.5 Å². The van der Waals surface area contributed by atoms with Gasteiger partial charge in [-0.2, -0.15) is 0 Å². The van der Waals surface area contributed by atoms with Gasteiger partial charge in [0, 0.05) is 11.0 Å². The van der Waals surface area contributed by atoms with Crippen LogP contribution in [-0.2, 0) is 4.74 Å². The van der Waals surface area contributed by atoms with E-state index in [9.17, 15) is 0 Å². The van der Waals surface area contributed by atoms with Crippen LogP contribution >= 0.6 is 0 Å². The summed E-state index contributed by atoms with van der Waals surface area (Å²) in [6, 6.07) is 0. The number of nitrogens with zero attached hydrogens (tertiary/aromatic N) is 1. The van der Waals surface area contributed by atoms with E-state index < -0.39 is 0 Å². The Kier molecular flexibility index (Phi) is 9.32. The fourth-order valence-corrected chi connectivity index (χ4v) is 2.71. The summed E-state index contributed by atoms with van der Waals surface area (Å²) >= 11 is 0. The Balaban J connectivity index is 0.000000829. The molecule has 0 aliphatic carbocycles. The lowest BCUT2D eigenvalue weighted by molar-refractivity contribution is 0.112. The van der Waals surface area contributed by atoms with Gasteiger partial charge in [-0.15, -0.1) is 0 Å². The summed E-state index contributed by atoms with van der Waals surface area (Å²) in [7, 11) is 2.19. The number of hydrogen-bond acceptors (Lipinski definition) is 2. The second kappa shape index (κ2) is 9.82. The van der Waals surface area contributed by atoms with Gasteiger partial charge in [-0.25, -0.2) is 0 Å². The maximum Gasteiger partial charge on any atom is 0.118 e. The van der Waals surface area contributed by atoms with Gasteiger partial charge in [0.25, 0.3) is 0 Å². The minimum Gasteiger partial charge on any atom is -0.493 e. The Morgan fingerprint density at radius 2 is 1.70 bits per heavy atom. The normalized spacial score (nSPS) is 24.5. The Bertz CT molecular complexity index is 333. The molecule has 2 nitrogen and oxygen atoms in total. The lowest BCUT2D eigenvalue weighted by atomic mass is 9.73. The summed E-state index contributed by atoms with van der Waals surface area (Å²) in [5.41, 5.74) is 1.61. The summed E-state index contributed by atoms with van der Waals surface area (Å²) in [4.78, 5) is 2.39. The van der Waals surface area contributed by atoms with Gasteiger partial charge in [0.15, 0.2) is 0 Å². The SMILES string of the molecule is C=C/C=C1\C(=C/C)OCC12CCN(C)CC2.CC.CC. The van der Waals surface area contributed by atoms with E-state index in [2.05, 4.69) is 30.7 Å². The van der Waals surface area contributed by atoms with Crippen molar-refractivity contribution in [2.24, 2.45) is 5.41 Å². The molecule has 0 atom stereocenters. The standard InChI is InChI=1S/C14H21NO.2C2H6/c1-4-6-12-13(5-2)16-11-14(12)7-9-15(3)10-8-14;2*1-2/h4-6H,1,7-11H2,2-3H3;2*1-2H3/b12-6+,13-5+;;. The van der Waals surface area contributed by atoms with Crippen molar-refractivity contribution in [3.63, 3.8) is 0 Å². The highest BCUT2D eigenvalue weighted by molar-refractivity contribution is 5.39. The smallest absolute Gasteiger partial charge is 0.118 e. The molecule has 2 aliphatic heterocycles. The molecule has 20 heavy (non-hydrogen) atoms.